The Morgan fingerprint density at radius 2 is 1.74 bits per heavy atom. The van der Waals surface area contributed by atoms with Gasteiger partial charge in [-0.05, 0) is 28.8 Å². The molecule has 3 nitrogen and oxygen atoms in total. The van der Waals surface area contributed by atoms with Crippen molar-refractivity contribution in [3.05, 3.63) is 42.5 Å². The summed E-state index contributed by atoms with van der Waals surface area (Å²) in [6, 6.07) is 13.4. The summed E-state index contributed by atoms with van der Waals surface area (Å²) in [5.74, 6) is -0.00858. The molecule has 0 spiro atoms. The Bertz CT molecular complexity index is 569. The van der Waals surface area contributed by atoms with E-state index in [1.165, 1.54) is 0 Å². The fraction of sp³-hybridized carbons (Fsp3) is 0.267. The minimum atomic E-state index is -0.475. The average Bonchev–Trinajstić information content (AvgIpc) is 2.37. The summed E-state index contributed by atoms with van der Waals surface area (Å²) in [6.07, 6.45) is 0. The van der Waals surface area contributed by atoms with E-state index in [0.29, 0.717) is 0 Å². The number of carbonyl (C=O) groups is 1. The van der Waals surface area contributed by atoms with Gasteiger partial charge in [-0.2, -0.15) is 0 Å². The van der Waals surface area contributed by atoms with Crippen LogP contribution in [0.15, 0.2) is 42.5 Å². The molecule has 2 rings (SSSR count). The van der Waals surface area contributed by atoms with E-state index in [-0.39, 0.29) is 24.2 Å². The van der Waals surface area contributed by atoms with Gasteiger partial charge in [0, 0.05) is 5.69 Å². The second-order valence-electron chi connectivity index (χ2n) is 4.82. The Morgan fingerprint density at radius 1 is 1.11 bits per heavy atom. The molecular weight excluding hydrogens is 260 g/mol. The molecule has 0 unspecified atom stereocenters. The second kappa shape index (κ2) is 6.55. The standard InChI is InChI=1S/C15H18N2O.ClH/c1-10(2)14(16)15(18)17-13-8-7-11-5-3-4-6-12(11)9-13;/h3-10,14H,16H2,1-2H3,(H,17,18);1H/t14-;/m0./s1. The number of benzene rings is 2. The van der Waals surface area contributed by atoms with Crippen LogP contribution in [0.3, 0.4) is 0 Å². The number of nitrogens with one attached hydrogen (secondary N) is 1. The predicted octanol–water partition coefficient (Wildman–Crippen LogP) is 3.18. The Morgan fingerprint density at radius 3 is 2.37 bits per heavy atom. The first kappa shape index (κ1) is 15.5. The Kier molecular flexibility index (Phi) is 5.33. The molecule has 0 fully saturated rings. The number of rotatable bonds is 3. The van der Waals surface area contributed by atoms with Gasteiger partial charge in [0.1, 0.15) is 0 Å². The summed E-state index contributed by atoms with van der Waals surface area (Å²) in [4.78, 5) is 11.9. The van der Waals surface area contributed by atoms with E-state index in [0.717, 1.165) is 16.5 Å². The average molecular weight is 279 g/mol. The number of anilines is 1. The summed E-state index contributed by atoms with van der Waals surface area (Å²) >= 11 is 0. The van der Waals surface area contributed by atoms with Crippen LogP contribution >= 0.6 is 12.4 Å². The van der Waals surface area contributed by atoms with Crippen LogP contribution in [0.2, 0.25) is 0 Å². The highest BCUT2D eigenvalue weighted by Gasteiger charge is 2.17. The lowest BCUT2D eigenvalue weighted by atomic mass is 10.0. The molecule has 0 aliphatic heterocycles. The van der Waals surface area contributed by atoms with E-state index in [9.17, 15) is 4.79 Å². The monoisotopic (exact) mass is 278 g/mol. The normalized spacial score (nSPS) is 12.0. The summed E-state index contributed by atoms with van der Waals surface area (Å²) in [6.45, 7) is 3.87. The molecule has 2 aromatic rings. The van der Waals surface area contributed by atoms with Crippen LogP contribution < -0.4 is 11.1 Å². The number of nitrogens with two attached hydrogens (primary N) is 1. The molecule has 0 saturated carbocycles. The van der Waals surface area contributed by atoms with Crippen molar-refractivity contribution in [2.75, 3.05) is 5.32 Å². The van der Waals surface area contributed by atoms with Gasteiger partial charge < -0.3 is 11.1 Å². The molecule has 0 radical (unpaired) electrons. The highest BCUT2D eigenvalue weighted by Crippen LogP contribution is 2.19. The van der Waals surface area contributed by atoms with Gasteiger partial charge in [-0.25, -0.2) is 0 Å². The third-order valence-corrected chi connectivity index (χ3v) is 3.04. The molecule has 0 aromatic heterocycles. The van der Waals surface area contributed by atoms with Crippen molar-refractivity contribution in [2.24, 2.45) is 11.7 Å². The van der Waals surface area contributed by atoms with Gasteiger partial charge in [0.25, 0.3) is 0 Å². The SMILES string of the molecule is CC(C)[C@H](N)C(=O)Nc1ccc2ccccc2c1.Cl. The van der Waals surface area contributed by atoms with Crippen LogP contribution in [-0.2, 0) is 4.79 Å². The van der Waals surface area contributed by atoms with Crippen LogP contribution in [0, 0.1) is 5.92 Å². The maximum atomic E-state index is 11.9. The number of fused-ring (bicyclic) bond motifs is 1. The van der Waals surface area contributed by atoms with Crippen molar-refractivity contribution in [3.63, 3.8) is 0 Å². The molecule has 2 aromatic carbocycles. The zero-order valence-corrected chi connectivity index (χ0v) is 11.9. The third-order valence-electron chi connectivity index (χ3n) is 3.04. The molecule has 4 heteroatoms. The maximum Gasteiger partial charge on any atom is 0.241 e. The van der Waals surface area contributed by atoms with E-state index in [1.54, 1.807) is 0 Å². The molecule has 0 bridgehead atoms. The molecular formula is C15H19ClN2O. The lowest BCUT2D eigenvalue weighted by Gasteiger charge is -2.15. The first-order valence-corrected chi connectivity index (χ1v) is 6.13. The van der Waals surface area contributed by atoms with E-state index in [1.807, 2.05) is 56.3 Å². The minimum Gasteiger partial charge on any atom is -0.325 e. The smallest absolute Gasteiger partial charge is 0.241 e. The zero-order chi connectivity index (χ0) is 13.1. The van der Waals surface area contributed by atoms with Crippen LogP contribution in [-0.4, -0.2) is 11.9 Å². The van der Waals surface area contributed by atoms with Gasteiger partial charge in [0.2, 0.25) is 5.91 Å². The van der Waals surface area contributed by atoms with Gasteiger partial charge in [0.05, 0.1) is 6.04 Å². The minimum absolute atomic E-state index is 0. The highest BCUT2D eigenvalue weighted by atomic mass is 35.5. The third kappa shape index (κ3) is 3.69. The predicted molar refractivity (Wildman–Crippen MR) is 82.6 cm³/mol. The first-order chi connectivity index (χ1) is 8.58. The largest absolute Gasteiger partial charge is 0.325 e. The zero-order valence-electron chi connectivity index (χ0n) is 11.1. The van der Waals surface area contributed by atoms with Crippen LogP contribution in [0.5, 0.6) is 0 Å². The van der Waals surface area contributed by atoms with Crippen molar-refractivity contribution in [1.29, 1.82) is 0 Å². The van der Waals surface area contributed by atoms with Crippen molar-refractivity contribution in [3.8, 4) is 0 Å². The lowest BCUT2D eigenvalue weighted by Crippen LogP contribution is -2.39. The van der Waals surface area contributed by atoms with Gasteiger partial charge in [-0.3, -0.25) is 4.79 Å². The number of hydrogen-bond acceptors (Lipinski definition) is 2. The Hall–Kier alpha value is -1.58. The number of hydrogen-bond donors (Lipinski definition) is 2. The number of halogens is 1. The van der Waals surface area contributed by atoms with Crippen molar-refractivity contribution >= 4 is 34.8 Å². The van der Waals surface area contributed by atoms with E-state index in [2.05, 4.69) is 5.32 Å². The van der Waals surface area contributed by atoms with Crippen molar-refractivity contribution < 1.29 is 4.79 Å². The molecule has 102 valence electrons. The van der Waals surface area contributed by atoms with Gasteiger partial charge in [-0.15, -0.1) is 12.4 Å². The van der Waals surface area contributed by atoms with Crippen LogP contribution in [0.1, 0.15) is 13.8 Å². The van der Waals surface area contributed by atoms with E-state index >= 15 is 0 Å². The van der Waals surface area contributed by atoms with E-state index in [4.69, 9.17) is 5.73 Å². The quantitative estimate of drug-likeness (QED) is 0.906. The Labute approximate surface area is 119 Å². The second-order valence-corrected chi connectivity index (χ2v) is 4.82. The number of amides is 1. The summed E-state index contributed by atoms with van der Waals surface area (Å²) in [5.41, 5.74) is 6.60. The lowest BCUT2D eigenvalue weighted by molar-refractivity contribution is -0.118. The molecule has 1 amide bonds. The first-order valence-electron chi connectivity index (χ1n) is 6.13. The molecule has 0 aliphatic carbocycles. The summed E-state index contributed by atoms with van der Waals surface area (Å²) in [7, 11) is 0. The molecule has 3 N–H and O–H groups in total. The summed E-state index contributed by atoms with van der Waals surface area (Å²) in [5, 5.41) is 5.11. The highest BCUT2D eigenvalue weighted by molar-refractivity contribution is 5.97. The fourth-order valence-electron chi connectivity index (χ4n) is 1.80. The molecule has 0 saturated heterocycles. The molecule has 19 heavy (non-hydrogen) atoms. The van der Waals surface area contributed by atoms with Gasteiger partial charge in [-0.1, -0.05) is 44.2 Å². The van der Waals surface area contributed by atoms with Crippen molar-refractivity contribution in [1.82, 2.24) is 0 Å². The summed E-state index contributed by atoms with van der Waals surface area (Å²) < 4.78 is 0. The number of carbonyl (C=O) groups excluding carboxylic acids is 1. The van der Waals surface area contributed by atoms with Crippen LogP contribution in [0.25, 0.3) is 10.8 Å². The van der Waals surface area contributed by atoms with Gasteiger partial charge >= 0.3 is 0 Å². The topological polar surface area (TPSA) is 55.1 Å². The van der Waals surface area contributed by atoms with Crippen molar-refractivity contribution in [2.45, 2.75) is 19.9 Å². The fourth-order valence-corrected chi connectivity index (χ4v) is 1.80. The molecule has 0 aliphatic rings. The van der Waals surface area contributed by atoms with Crippen LogP contribution in [0.4, 0.5) is 5.69 Å². The maximum absolute atomic E-state index is 11.9. The molecule has 1 atom stereocenters. The van der Waals surface area contributed by atoms with Gasteiger partial charge in [0.15, 0.2) is 0 Å². The van der Waals surface area contributed by atoms with E-state index < -0.39 is 6.04 Å². The molecule has 0 heterocycles. The Balaban J connectivity index is 0.00000180.